The van der Waals surface area contributed by atoms with Gasteiger partial charge in [-0.2, -0.15) is 0 Å². The fourth-order valence-corrected chi connectivity index (χ4v) is 0.723. The van der Waals surface area contributed by atoms with Crippen molar-refractivity contribution in [1.82, 2.24) is 0 Å². The van der Waals surface area contributed by atoms with Crippen molar-refractivity contribution in [2.24, 2.45) is 0 Å². The van der Waals surface area contributed by atoms with E-state index in [4.69, 9.17) is 15.3 Å². The highest BCUT2D eigenvalue weighted by molar-refractivity contribution is 4.67. The molecule has 3 N–H and O–H groups in total. The van der Waals surface area contributed by atoms with Crippen LogP contribution >= 0.6 is 0 Å². The highest BCUT2D eigenvalue weighted by Crippen LogP contribution is 2.09. The molecule has 0 saturated carbocycles. The zero-order valence-corrected chi connectivity index (χ0v) is 8.54. The molecule has 0 rings (SSSR count). The Kier molecular flexibility index (Phi) is 9.03. The summed E-state index contributed by atoms with van der Waals surface area (Å²) >= 11 is 0. The molecule has 3 nitrogen and oxygen atoms in total. The molecule has 0 aliphatic carbocycles. The van der Waals surface area contributed by atoms with Crippen molar-refractivity contribution in [3.63, 3.8) is 0 Å². The molecule has 76 valence electrons. The minimum absolute atomic E-state index is 0.319. The summed E-state index contributed by atoms with van der Waals surface area (Å²) in [5.74, 6) is 0. The molecule has 0 amide bonds. The van der Waals surface area contributed by atoms with Crippen LogP contribution in [-0.2, 0) is 0 Å². The van der Waals surface area contributed by atoms with E-state index in [0.29, 0.717) is 13.0 Å². The molecule has 0 fully saturated rings. The zero-order valence-electron chi connectivity index (χ0n) is 8.54. The first-order chi connectivity index (χ1) is 5.33. The average molecular weight is 178 g/mol. The minimum atomic E-state index is -0.728. The summed E-state index contributed by atoms with van der Waals surface area (Å²) in [4.78, 5) is 0. The van der Waals surface area contributed by atoms with Gasteiger partial charge in [-0.3, -0.25) is 0 Å². The van der Waals surface area contributed by atoms with Gasteiger partial charge in [-0.15, -0.1) is 0 Å². The van der Waals surface area contributed by atoms with Gasteiger partial charge in [0.1, 0.15) is 0 Å². The van der Waals surface area contributed by atoms with Crippen LogP contribution in [0.4, 0.5) is 0 Å². The van der Waals surface area contributed by atoms with Crippen molar-refractivity contribution in [3.05, 3.63) is 0 Å². The smallest absolute Gasteiger partial charge is 0.0616 e. The van der Waals surface area contributed by atoms with Gasteiger partial charge in [0.25, 0.3) is 0 Å². The topological polar surface area (TPSA) is 60.7 Å². The van der Waals surface area contributed by atoms with Crippen LogP contribution in [0.5, 0.6) is 0 Å². The van der Waals surface area contributed by atoms with E-state index in [-0.39, 0.29) is 0 Å². The summed E-state index contributed by atoms with van der Waals surface area (Å²) in [5, 5.41) is 25.6. The first kappa shape index (κ1) is 14.4. The molecule has 0 aromatic heterocycles. The Bertz CT molecular complexity index is 82.3. The molecule has 0 aromatic carbocycles. The lowest BCUT2D eigenvalue weighted by atomic mass is 10.0. The van der Waals surface area contributed by atoms with Gasteiger partial charge >= 0.3 is 0 Å². The lowest BCUT2D eigenvalue weighted by molar-refractivity contribution is 0.0249. The second-order valence-electron chi connectivity index (χ2n) is 3.59. The monoisotopic (exact) mass is 178 g/mol. The predicted molar refractivity (Wildman–Crippen MR) is 50.0 cm³/mol. The quantitative estimate of drug-likeness (QED) is 0.602. The number of rotatable bonds is 3. The standard InChI is InChI=1S/C6H14O2.C3H8O/c1-5(7)4-6(2,3)8;1-2-3-4/h5,7-8H,4H2,1-3H3;4H,2-3H2,1H3. The van der Waals surface area contributed by atoms with Crippen LogP contribution in [-0.4, -0.2) is 33.6 Å². The molecule has 0 aromatic rings. The molecule has 0 radical (unpaired) electrons. The molecule has 3 heteroatoms. The number of hydrogen-bond acceptors (Lipinski definition) is 3. The average Bonchev–Trinajstić information content (AvgIpc) is 1.83. The van der Waals surface area contributed by atoms with Crippen molar-refractivity contribution in [2.45, 2.75) is 52.2 Å². The van der Waals surface area contributed by atoms with Gasteiger partial charge in [0.15, 0.2) is 0 Å². The summed E-state index contributed by atoms with van der Waals surface area (Å²) < 4.78 is 0. The van der Waals surface area contributed by atoms with Gasteiger partial charge in [0.05, 0.1) is 11.7 Å². The van der Waals surface area contributed by atoms with Gasteiger partial charge < -0.3 is 15.3 Å². The third-order valence-corrected chi connectivity index (χ3v) is 1.02. The van der Waals surface area contributed by atoms with E-state index in [9.17, 15) is 0 Å². The SMILES string of the molecule is CC(O)CC(C)(C)O.CCCO. The van der Waals surface area contributed by atoms with E-state index < -0.39 is 11.7 Å². The Morgan fingerprint density at radius 2 is 1.67 bits per heavy atom. The van der Waals surface area contributed by atoms with Gasteiger partial charge in [-0.1, -0.05) is 6.92 Å². The summed E-state index contributed by atoms with van der Waals surface area (Å²) in [6.07, 6.45) is 0.905. The van der Waals surface area contributed by atoms with Crippen LogP contribution in [0.2, 0.25) is 0 Å². The summed E-state index contributed by atoms with van der Waals surface area (Å²) in [6, 6.07) is 0. The van der Waals surface area contributed by atoms with Crippen LogP contribution < -0.4 is 0 Å². The number of aliphatic hydroxyl groups is 3. The lowest BCUT2D eigenvalue weighted by Gasteiger charge is -2.17. The number of hydrogen-bond donors (Lipinski definition) is 3. The molecule has 0 saturated heterocycles. The van der Waals surface area contributed by atoms with Crippen LogP contribution in [0, 0.1) is 0 Å². The van der Waals surface area contributed by atoms with Gasteiger partial charge in [-0.25, -0.2) is 0 Å². The molecular formula is C9H22O3. The zero-order chi connectivity index (χ0) is 10.2. The highest BCUT2D eigenvalue weighted by Gasteiger charge is 2.14. The van der Waals surface area contributed by atoms with E-state index in [1.165, 1.54) is 0 Å². The fourth-order valence-electron chi connectivity index (χ4n) is 0.723. The van der Waals surface area contributed by atoms with Crippen molar-refractivity contribution in [2.75, 3.05) is 6.61 Å². The second kappa shape index (κ2) is 7.53. The molecule has 12 heavy (non-hydrogen) atoms. The van der Waals surface area contributed by atoms with Gasteiger partial charge in [0, 0.05) is 13.0 Å². The van der Waals surface area contributed by atoms with Crippen LogP contribution in [0.15, 0.2) is 0 Å². The van der Waals surface area contributed by atoms with Crippen molar-refractivity contribution >= 4 is 0 Å². The third kappa shape index (κ3) is 22.5. The molecule has 0 aliphatic heterocycles. The first-order valence-electron chi connectivity index (χ1n) is 4.34. The Hall–Kier alpha value is -0.120. The van der Waals surface area contributed by atoms with Crippen molar-refractivity contribution in [3.8, 4) is 0 Å². The summed E-state index contributed by atoms with van der Waals surface area (Å²) in [7, 11) is 0. The van der Waals surface area contributed by atoms with E-state index in [1.807, 2.05) is 6.92 Å². The van der Waals surface area contributed by atoms with E-state index in [0.717, 1.165) is 6.42 Å². The Labute approximate surface area is 75.0 Å². The van der Waals surface area contributed by atoms with Crippen molar-refractivity contribution < 1.29 is 15.3 Å². The minimum Gasteiger partial charge on any atom is -0.396 e. The lowest BCUT2D eigenvalue weighted by Crippen LogP contribution is -2.24. The fraction of sp³-hybridized carbons (Fsp3) is 1.00. The Balaban J connectivity index is 0. The molecule has 0 spiro atoms. The van der Waals surface area contributed by atoms with E-state index in [2.05, 4.69) is 0 Å². The van der Waals surface area contributed by atoms with E-state index >= 15 is 0 Å². The van der Waals surface area contributed by atoms with Crippen molar-refractivity contribution in [1.29, 1.82) is 0 Å². The molecule has 1 atom stereocenters. The largest absolute Gasteiger partial charge is 0.396 e. The van der Waals surface area contributed by atoms with Gasteiger partial charge in [-0.05, 0) is 27.2 Å². The normalized spacial score (nSPS) is 13.2. The number of aliphatic hydroxyl groups excluding tert-OH is 2. The third-order valence-electron chi connectivity index (χ3n) is 1.02. The molecule has 0 bridgehead atoms. The Morgan fingerprint density at radius 3 is 1.67 bits per heavy atom. The molecular weight excluding hydrogens is 156 g/mol. The first-order valence-corrected chi connectivity index (χ1v) is 4.34. The molecule has 0 aliphatic rings. The maximum Gasteiger partial charge on any atom is 0.0616 e. The summed E-state index contributed by atoms with van der Waals surface area (Å²) in [5.41, 5.74) is -0.728. The molecule has 1 unspecified atom stereocenters. The van der Waals surface area contributed by atoms with Crippen LogP contribution in [0.3, 0.4) is 0 Å². The second-order valence-corrected chi connectivity index (χ2v) is 3.59. The maximum atomic E-state index is 9.03. The van der Waals surface area contributed by atoms with E-state index in [1.54, 1.807) is 20.8 Å². The van der Waals surface area contributed by atoms with Crippen LogP contribution in [0.25, 0.3) is 0 Å². The van der Waals surface area contributed by atoms with Gasteiger partial charge in [0.2, 0.25) is 0 Å². The molecule has 0 heterocycles. The van der Waals surface area contributed by atoms with Crippen LogP contribution in [0.1, 0.15) is 40.5 Å². The maximum absolute atomic E-state index is 9.03. The summed E-state index contributed by atoms with van der Waals surface area (Å²) in [6.45, 7) is 7.28. The Morgan fingerprint density at radius 1 is 1.33 bits per heavy atom. The predicted octanol–water partition coefficient (Wildman–Crippen LogP) is 0.917. The highest BCUT2D eigenvalue weighted by atomic mass is 16.3.